The second kappa shape index (κ2) is 5.93. The number of fused-ring (bicyclic) bond motifs is 1. The molecule has 0 fully saturated rings. The molecule has 0 aliphatic carbocycles. The largest absolute Gasteiger partial charge is 0.490 e. The van der Waals surface area contributed by atoms with Gasteiger partial charge in [0.1, 0.15) is 12.4 Å². The number of carbonyl (C=O) groups excluding carboxylic acids is 2. The Kier molecular flexibility index (Phi) is 4.27. The predicted octanol–water partition coefficient (Wildman–Crippen LogP) is 2.02. The van der Waals surface area contributed by atoms with Crippen molar-refractivity contribution in [1.82, 2.24) is 0 Å². The number of esters is 1. The fourth-order valence-electron chi connectivity index (χ4n) is 1.90. The van der Waals surface area contributed by atoms with Gasteiger partial charge in [-0.25, -0.2) is 0 Å². The van der Waals surface area contributed by atoms with E-state index in [9.17, 15) is 9.59 Å². The smallest absolute Gasteiger partial charge is 0.306 e. The van der Waals surface area contributed by atoms with Crippen LogP contribution in [-0.2, 0) is 14.3 Å². The van der Waals surface area contributed by atoms with E-state index in [1.165, 1.54) is 7.11 Å². The van der Waals surface area contributed by atoms with Crippen LogP contribution in [0.2, 0.25) is 5.02 Å². The summed E-state index contributed by atoms with van der Waals surface area (Å²) in [6.07, 6.45) is 0.182. The van der Waals surface area contributed by atoms with Crippen molar-refractivity contribution in [1.29, 1.82) is 0 Å². The van der Waals surface area contributed by atoms with Crippen LogP contribution < -0.4 is 9.64 Å². The summed E-state index contributed by atoms with van der Waals surface area (Å²) in [5.41, 5.74) is 0.647. The number of nitrogens with zero attached hydrogens (tertiary/aromatic N) is 1. The Morgan fingerprint density at radius 1 is 1.42 bits per heavy atom. The molecule has 0 spiro atoms. The SMILES string of the molecule is COC(=O)CCC(=O)N1CCOc2ccc(Cl)cc21. The Morgan fingerprint density at radius 3 is 2.95 bits per heavy atom. The van der Waals surface area contributed by atoms with Crippen molar-refractivity contribution in [2.75, 3.05) is 25.2 Å². The normalized spacial score (nSPS) is 13.5. The molecule has 19 heavy (non-hydrogen) atoms. The molecule has 6 heteroatoms. The second-order valence-electron chi connectivity index (χ2n) is 4.08. The fraction of sp³-hybridized carbons (Fsp3) is 0.385. The van der Waals surface area contributed by atoms with Crippen LogP contribution in [0.1, 0.15) is 12.8 Å². The maximum Gasteiger partial charge on any atom is 0.306 e. The Balaban J connectivity index is 2.12. The Bertz CT molecular complexity index is 503. The van der Waals surface area contributed by atoms with Gasteiger partial charge in [-0.2, -0.15) is 0 Å². The van der Waals surface area contributed by atoms with Crippen molar-refractivity contribution in [3.8, 4) is 5.75 Å². The zero-order valence-corrected chi connectivity index (χ0v) is 11.3. The van der Waals surface area contributed by atoms with Crippen molar-refractivity contribution in [2.24, 2.45) is 0 Å². The van der Waals surface area contributed by atoms with Crippen LogP contribution in [0.15, 0.2) is 18.2 Å². The molecule has 1 aromatic rings. The third-order valence-corrected chi connectivity index (χ3v) is 3.09. The van der Waals surface area contributed by atoms with Crippen LogP contribution in [0, 0.1) is 0 Å². The average molecular weight is 284 g/mol. The van der Waals surface area contributed by atoms with Gasteiger partial charge in [0.15, 0.2) is 0 Å². The summed E-state index contributed by atoms with van der Waals surface area (Å²) in [5.74, 6) is 0.0900. The molecule has 5 nitrogen and oxygen atoms in total. The van der Waals surface area contributed by atoms with Crippen molar-refractivity contribution in [3.63, 3.8) is 0 Å². The number of hydrogen-bond donors (Lipinski definition) is 0. The molecule has 0 saturated heterocycles. The quantitative estimate of drug-likeness (QED) is 0.797. The number of ether oxygens (including phenoxy) is 2. The van der Waals surface area contributed by atoms with Gasteiger partial charge in [-0.1, -0.05) is 11.6 Å². The lowest BCUT2D eigenvalue weighted by atomic mass is 10.2. The second-order valence-corrected chi connectivity index (χ2v) is 4.52. The first-order valence-electron chi connectivity index (χ1n) is 5.91. The number of methoxy groups -OCH3 is 1. The van der Waals surface area contributed by atoms with E-state index in [1.54, 1.807) is 23.1 Å². The highest BCUT2D eigenvalue weighted by Crippen LogP contribution is 2.34. The van der Waals surface area contributed by atoms with E-state index >= 15 is 0 Å². The summed E-state index contributed by atoms with van der Waals surface area (Å²) < 4.78 is 9.98. The third-order valence-electron chi connectivity index (χ3n) is 2.86. The van der Waals surface area contributed by atoms with E-state index in [4.69, 9.17) is 16.3 Å². The standard InChI is InChI=1S/C13H14ClNO4/c1-18-13(17)5-4-12(16)15-6-7-19-11-3-2-9(14)8-10(11)15/h2-3,8H,4-7H2,1H3. The van der Waals surface area contributed by atoms with Gasteiger partial charge in [0.2, 0.25) is 5.91 Å². The Labute approximate surface area is 116 Å². The van der Waals surface area contributed by atoms with Gasteiger partial charge in [-0.15, -0.1) is 0 Å². The highest BCUT2D eigenvalue weighted by Gasteiger charge is 2.24. The lowest BCUT2D eigenvalue weighted by molar-refractivity contribution is -0.141. The van der Waals surface area contributed by atoms with Crippen molar-refractivity contribution >= 4 is 29.2 Å². The van der Waals surface area contributed by atoms with Gasteiger partial charge in [-0.05, 0) is 18.2 Å². The molecule has 1 aromatic carbocycles. The maximum atomic E-state index is 12.1. The van der Waals surface area contributed by atoms with E-state index in [-0.39, 0.29) is 18.7 Å². The van der Waals surface area contributed by atoms with Crippen LogP contribution in [-0.4, -0.2) is 32.1 Å². The molecular weight excluding hydrogens is 270 g/mol. The molecule has 0 saturated carbocycles. The minimum atomic E-state index is -0.395. The molecule has 2 rings (SSSR count). The molecule has 0 radical (unpaired) electrons. The van der Waals surface area contributed by atoms with Crippen LogP contribution >= 0.6 is 11.6 Å². The highest BCUT2D eigenvalue weighted by atomic mass is 35.5. The first kappa shape index (κ1) is 13.7. The van der Waals surface area contributed by atoms with Gasteiger partial charge in [0.25, 0.3) is 0 Å². The summed E-state index contributed by atoms with van der Waals surface area (Å²) >= 11 is 5.93. The number of carbonyl (C=O) groups is 2. The predicted molar refractivity (Wildman–Crippen MR) is 70.6 cm³/mol. The maximum absolute atomic E-state index is 12.1. The first-order valence-corrected chi connectivity index (χ1v) is 6.29. The van der Waals surface area contributed by atoms with E-state index in [0.29, 0.717) is 29.6 Å². The Morgan fingerprint density at radius 2 is 2.21 bits per heavy atom. The van der Waals surface area contributed by atoms with Crippen molar-refractivity contribution in [2.45, 2.75) is 12.8 Å². The van der Waals surface area contributed by atoms with Crippen LogP contribution in [0.3, 0.4) is 0 Å². The van der Waals surface area contributed by atoms with Crippen molar-refractivity contribution in [3.05, 3.63) is 23.2 Å². The summed E-state index contributed by atoms with van der Waals surface area (Å²) in [7, 11) is 1.30. The monoisotopic (exact) mass is 283 g/mol. The van der Waals surface area contributed by atoms with Gasteiger partial charge in [0.05, 0.1) is 25.8 Å². The summed E-state index contributed by atoms with van der Waals surface area (Å²) in [4.78, 5) is 24.8. The number of amides is 1. The number of halogens is 1. The van der Waals surface area contributed by atoms with E-state index in [1.807, 2.05) is 0 Å². The molecule has 0 unspecified atom stereocenters. The minimum Gasteiger partial charge on any atom is -0.490 e. The molecule has 102 valence electrons. The van der Waals surface area contributed by atoms with Gasteiger partial charge >= 0.3 is 5.97 Å². The number of anilines is 1. The molecule has 1 aliphatic rings. The van der Waals surface area contributed by atoms with E-state index in [0.717, 1.165) is 0 Å². The lowest BCUT2D eigenvalue weighted by Gasteiger charge is -2.29. The third kappa shape index (κ3) is 3.17. The highest BCUT2D eigenvalue weighted by molar-refractivity contribution is 6.31. The van der Waals surface area contributed by atoms with E-state index in [2.05, 4.69) is 4.74 Å². The number of hydrogen-bond acceptors (Lipinski definition) is 4. The molecule has 1 aliphatic heterocycles. The first-order chi connectivity index (χ1) is 9.11. The summed E-state index contributed by atoms with van der Waals surface area (Å²) in [6, 6.07) is 5.13. The molecular formula is C13H14ClNO4. The van der Waals surface area contributed by atoms with E-state index < -0.39 is 5.97 Å². The van der Waals surface area contributed by atoms with Gasteiger partial charge in [0, 0.05) is 11.4 Å². The summed E-state index contributed by atoms with van der Waals surface area (Å²) in [5, 5.41) is 0.537. The number of rotatable bonds is 3. The van der Waals surface area contributed by atoms with Crippen LogP contribution in [0.4, 0.5) is 5.69 Å². The van der Waals surface area contributed by atoms with Crippen molar-refractivity contribution < 1.29 is 19.1 Å². The average Bonchev–Trinajstić information content (AvgIpc) is 2.43. The zero-order chi connectivity index (χ0) is 13.8. The Hall–Kier alpha value is -1.75. The molecule has 1 amide bonds. The van der Waals surface area contributed by atoms with Crippen LogP contribution in [0.5, 0.6) is 5.75 Å². The minimum absolute atomic E-state index is 0.0720. The lowest BCUT2D eigenvalue weighted by Crippen LogP contribution is -2.38. The zero-order valence-electron chi connectivity index (χ0n) is 10.5. The molecule has 0 bridgehead atoms. The summed E-state index contributed by atoms with van der Waals surface area (Å²) in [6.45, 7) is 0.881. The van der Waals surface area contributed by atoms with Crippen LogP contribution in [0.25, 0.3) is 0 Å². The molecule has 0 N–H and O–H groups in total. The molecule has 1 heterocycles. The van der Waals surface area contributed by atoms with Gasteiger partial charge < -0.3 is 14.4 Å². The molecule has 0 aromatic heterocycles. The molecule has 0 atom stereocenters. The fourth-order valence-corrected chi connectivity index (χ4v) is 2.06. The number of benzene rings is 1. The van der Waals surface area contributed by atoms with Gasteiger partial charge in [-0.3, -0.25) is 9.59 Å². The topological polar surface area (TPSA) is 55.8 Å².